The van der Waals surface area contributed by atoms with Gasteiger partial charge < -0.3 is 15.3 Å². The molecule has 1 aliphatic heterocycles. The van der Waals surface area contributed by atoms with Crippen molar-refractivity contribution in [3.05, 3.63) is 0 Å². The van der Waals surface area contributed by atoms with Gasteiger partial charge in [0.15, 0.2) is 0 Å². The Labute approximate surface area is 232 Å². The quantitative estimate of drug-likeness (QED) is 0.414. The van der Waals surface area contributed by atoms with Crippen molar-refractivity contribution in [3.8, 4) is 0 Å². The van der Waals surface area contributed by atoms with Crippen LogP contribution in [0, 0.1) is 52.3 Å². The highest BCUT2D eigenvalue weighted by Gasteiger charge is 2.60. The van der Waals surface area contributed by atoms with Gasteiger partial charge in [-0.25, -0.2) is 0 Å². The Morgan fingerprint density at radius 2 is 1.63 bits per heavy atom. The molecule has 5 nitrogen and oxygen atoms in total. The van der Waals surface area contributed by atoms with Crippen LogP contribution in [0.1, 0.15) is 117 Å². The largest absolute Gasteiger partial charge is 0.393 e. The Kier molecular flexibility index (Phi) is 8.54. The third kappa shape index (κ3) is 5.31. The van der Waals surface area contributed by atoms with Gasteiger partial charge in [0.05, 0.1) is 6.10 Å². The molecule has 4 aliphatic carbocycles. The monoisotopic (exact) mass is 528 g/mol. The summed E-state index contributed by atoms with van der Waals surface area (Å²) >= 11 is 0. The fraction of sp³-hybridized carbons (Fsp3) is 0.939. The number of hydrogen-bond acceptors (Lipinski definition) is 3. The summed E-state index contributed by atoms with van der Waals surface area (Å²) in [6.07, 6.45) is 16.8. The number of nitrogens with one attached hydrogen (secondary N) is 1. The minimum absolute atomic E-state index is 0.0571. The van der Waals surface area contributed by atoms with Crippen molar-refractivity contribution in [1.82, 2.24) is 10.2 Å². The van der Waals surface area contributed by atoms with E-state index in [1.807, 2.05) is 0 Å². The summed E-state index contributed by atoms with van der Waals surface area (Å²) in [5.41, 5.74) is 0.902. The summed E-state index contributed by atoms with van der Waals surface area (Å²) < 4.78 is 0. The average Bonchev–Trinajstić information content (AvgIpc) is 3.28. The van der Waals surface area contributed by atoms with Gasteiger partial charge in [-0.2, -0.15) is 0 Å². The second-order valence-corrected chi connectivity index (χ2v) is 14.9. The molecule has 1 heterocycles. The predicted octanol–water partition coefficient (Wildman–Crippen LogP) is 6.19. The van der Waals surface area contributed by atoms with Crippen LogP contribution in [0.25, 0.3) is 0 Å². The minimum atomic E-state index is -0.0571. The van der Waals surface area contributed by atoms with Gasteiger partial charge in [-0.1, -0.05) is 20.8 Å². The molecular weight excluding hydrogens is 472 g/mol. The van der Waals surface area contributed by atoms with Crippen molar-refractivity contribution in [3.63, 3.8) is 0 Å². The first-order valence-electron chi connectivity index (χ1n) is 16.3. The summed E-state index contributed by atoms with van der Waals surface area (Å²) in [6, 6.07) is 0. The van der Waals surface area contributed by atoms with E-state index >= 15 is 0 Å². The Bertz CT molecular complexity index is 853. The average molecular weight is 529 g/mol. The van der Waals surface area contributed by atoms with Crippen molar-refractivity contribution < 1.29 is 14.7 Å². The highest BCUT2D eigenvalue weighted by molar-refractivity contribution is 5.76. The van der Waals surface area contributed by atoms with Gasteiger partial charge in [-0.05, 0) is 136 Å². The number of fused-ring (bicyclic) bond motifs is 5. The number of carbonyl (C=O) groups excluding carboxylic acids is 2. The maximum atomic E-state index is 13.1. The number of nitrogens with zero attached hydrogens (tertiary/aromatic N) is 1. The molecule has 5 aliphatic rings. The number of amides is 2. The Balaban J connectivity index is 1.12. The van der Waals surface area contributed by atoms with Crippen molar-refractivity contribution in [1.29, 1.82) is 0 Å². The smallest absolute Gasteiger partial charge is 0.222 e. The SMILES string of the molecule is CNC(=O)CCC1CCN(C(=O)CC[C@@H](C)C2CCC3C4CCC5CC(O)CC[C@]5(C)C4CC[C@@]32C)CC1. The molecule has 2 N–H and O–H groups in total. The summed E-state index contributed by atoms with van der Waals surface area (Å²) in [7, 11) is 1.70. The summed E-state index contributed by atoms with van der Waals surface area (Å²) in [5, 5.41) is 13.1. The van der Waals surface area contributed by atoms with Crippen LogP contribution in [0.4, 0.5) is 0 Å². The van der Waals surface area contributed by atoms with Crippen molar-refractivity contribution in [2.45, 2.75) is 123 Å². The molecule has 0 aromatic carbocycles. The number of likely N-dealkylation sites (tertiary alicyclic amines) is 1. The first-order chi connectivity index (χ1) is 18.2. The second-order valence-electron chi connectivity index (χ2n) is 14.9. The van der Waals surface area contributed by atoms with E-state index in [2.05, 4.69) is 31.0 Å². The molecule has 0 radical (unpaired) electrons. The molecule has 0 bridgehead atoms. The molecule has 5 rings (SSSR count). The topological polar surface area (TPSA) is 69.6 Å². The molecule has 1 saturated heterocycles. The highest BCUT2D eigenvalue weighted by Crippen LogP contribution is 2.68. The van der Waals surface area contributed by atoms with Crippen LogP contribution < -0.4 is 5.32 Å². The van der Waals surface area contributed by atoms with E-state index in [1.54, 1.807) is 7.05 Å². The van der Waals surface area contributed by atoms with Gasteiger partial charge in [0.25, 0.3) is 0 Å². The molecule has 5 fully saturated rings. The second kappa shape index (κ2) is 11.4. The molecule has 5 heteroatoms. The van der Waals surface area contributed by atoms with Gasteiger partial charge in [0, 0.05) is 33.0 Å². The molecule has 9 atom stereocenters. The molecule has 4 saturated carbocycles. The van der Waals surface area contributed by atoms with E-state index < -0.39 is 0 Å². The Morgan fingerprint density at radius 3 is 2.37 bits per heavy atom. The van der Waals surface area contributed by atoms with Gasteiger partial charge >= 0.3 is 0 Å². The number of aliphatic hydroxyl groups is 1. The molecular formula is C33H56N2O3. The summed E-state index contributed by atoms with van der Waals surface area (Å²) in [6.45, 7) is 9.41. The maximum absolute atomic E-state index is 13.1. The van der Waals surface area contributed by atoms with E-state index in [1.165, 1.54) is 44.9 Å². The Hall–Kier alpha value is -1.10. The van der Waals surface area contributed by atoms with Crippen LogP contribution in [0.3, 0.4) is 0 Å². The van der Waals surface area contributed by atoms with Crippen LogP contribution in [0.2, 0.25) is 0 Å². The predicted molar refractivity (Wildman–Crippen MR) is 152 cm³/mol. The molecule has 38 heavy (non-hydrogen) atoms. The molecule has 0 spiro atoms. The van der Waals surface area contributed by atoms with E-state index in [0.717, 1.165) is 81.2 Å². The third-order valence-corrected chi connectivity index (χ3v) is 13.2. The van der Waals surface area contributed by atoms with Gasteiger partial charge in [-0.3, -0.25) is 9.59 Å². The zero-order valence-corrected chi connectivity index (χ0v) is 24.9. The molecule has 0 aromatic heterocycles. The van der Waals surface area contributed by atoms with Crippen LogP contribution in [-0.4, -0.2) is 48.1 Å². The molecule has 6 unspecified atom stereocenters. The first kappa shape index (κ1) is 28.4. The number of rotatable bonds is 7. The number of aliphatic hydroxyl groups excluding tert-OH is 1. The summed E-state index contributed by atoms with van der Waals surface area (Å²) in [5.74, 6) is 5.79. The maximum Gasteiger partial charge on any atom is 0.222 e. The van der Waals surface area contributed by atoms with Crippen LogP contribution in [0.15, 0.2) is 0 Å². The first-order valence-corrected chi connectivity index (χ1v) is 16.3. The number of carbonyl (C=O) groups is 2. The number of piperidine rings is 1. The molecule has 0 aromatic rings. The van der Waals surface area contributed by atoms with Crippen LogP contribution in [0.5, 0.6) is 0 Å². The van der Waals surface area contributed by atoms with Gasteiger partial charge in [0.1, 0.15) is 0 Å². The van der Waals surface area contributed by atoms with Crippen molar-refractivity contribution in [2.75, 3.05) is 20.1 Å². The Morgan fingerprint density at radius 1 is 0.921 bits per heavy atom. The summed E-state index contributed by atoms with van der Waals surface area (Å²) in [4.78, 5) is 26.8. The van der Waals surface area contributed by atoms with E-state index in [0.29, 0.717) is 41.4 Å². The lowest BCUT2D eigenvalue weighted by Gasteiger charge is -2.61. The number of hydrogen-bond donors (Lipinski definition) is 2. The molecule has 2 amide bonds. The van der Waals surface area contributed by atoms with Gasteiger partial charge in [0.2, 0.25) is 11.8 Å². The molecule has 216 valence electrons. The van der Waals surface area contributed by atoms with E-state index in [-0.39, 0.29) is 12.0 Å². The lowest BCUT2D eigenvalue weighted by molar-refractivity contribution is -0.134. The highest BCUT2D eigenvalue weighted by atomic mass is 16.3. The standard InChI is InChI=1S/C33H56N2O3/c1-22(5-12-31(38)35-19-15-23(16-20-35)6-11-30(37)34-4)27-9-10-28-26-8-7-24-21-25(36)13-17-32(24,2)29(26)14-18-33(27,28)3/h22-29,36H,5-21H2,1-4H3,(H,34,37)/t22-,24?,25?,26?,27?,28?,29?,32+,33-/m1/s1. The fourth-order valence-electron chi connectivity index (χ4n) is 10.9. The zero-order valence-electron chi connectivity index (χ0n) is 24.9. The minimum Gasteiger partial charge on any atom is -0.393 e. The van der Waals surface area contributed by atoms with E-state index in [4.69, 9.17) is 0 Å². The van der Waals surface area contributed by atoms with Crippen molar-refractivity contribution in [2.24, 2.45) is 52.3 Å². The normalized spacial score (nSPS) is 42.1. The lowest BCUT2D eigenvalue weighted by atomic mass is 9.44. The fourth-order valence-corrected chi connectivity index (χ4v) is 10.9. The van der Waals surface area contributed by atoms with E-state index in [9.17, 15) is 14.7 Å². The van der Waals surface area contributed by atoms with Crippen molar-refractivity contribution >= 4 is 11.8 Å². The zero-order chi connectivity index (χ0) is 27.1. The van der Waals surface area contributed by atoms with Crippen LogP contribution in [-0.2, 0) is 9.59 Å². The van der Waals surface area contributed by atoms with Crippen LogP contribution >= 0.6 is 0 Å². The third-order valence-electron chi connectivity index (χ3n) is 13.2. The van der Waals surface area contributed by atoms with Gasteiger partial charge in [-0.15, -0.1) is 0 Å². The lowest BCUT2D eigenvalue weighted by Crippen LogP contribution is -2.54.